The number of aryl methyl sites for hydroxylation is 1. The van der Waals surface area contributed by atoms with Gasteiger partial charge in [0.1, 0.15) is 11.9 Å². The summed E-state index contributed by atoms with van der Waals surface area (Å²) < 4.78 is 32.9. The lowest BCUT2D eigenvalue weighted by atomic mass is 10.1. The highest BCUT2D eigenvalue weighted by atomic mass is 35.5. The van der Waals surface area contributed by atoms with Gasteiger partial charge in [-0.15, -0.1) is 0 Å². The van der Waals surface area contributed by atoms with Crippen LogP contribution >= 0.6 is 11.6 Å². The van der Waals surface area contributed by atoms with Gasteiger partial charge in [-0.1, -0.05) is 29.8 Å². The van der Waals surface area contributed by atoms with Crippen molar-refractivity contribution >= 4 is 21.6 Å². The van der Waals surface area contributed by atoms with Crippen LogP contribution in [0.4, 0.5) is 0 Å². The Kier molecular flexibility index (Phi) is 5.13. The van der Waals surface area contributed by atoms with Crippen LogP contribution in [0.5, 0.6) is 5.75 Å². The lowest BCUT2D eigenvalue weighted by Crippen LogP contribution is -2.41. The SMILES string of the molecule is Cc1cccc(S(=O)(=O)N2CCC(Oc3cccc(Cl)c3)CC2)c1. The van der Waals surface area contributed by atoms with Gasteiger partial charge in [0.05, 0.1) is 4.90 Å². The summed E-state index contributed by atoms with van der Waals surface area (Å²) in [4.78, 5) is 0.358. The topological polar surface area (TPSA) is 46.6 Å². The fourth-order valence-corrected chi connectivity index (χ4v) is 4.60. The fraction of sp³-hybridized carbons (Fsp3) is 0.333. The predicted molar refractivity (Wildman–Crippen MR) is 95.0 cm³/mol. The Hall–Kier alpha value is -1.56. The van der Waals surface area contributed by atoms with Gasteiger partial charge < -0.3 is 4.74 Å². The summed E-state index contributed by atoms with van der Waals surface area (Å²) in [5, 5.41) is 0.631. The van der Waals surface area contributed by atoms with Crippen molar-refractivity contribution in [2.24, 2.45) is 0 Å². The molecule has 24 heavy (non-hydrogen) atoms. The van der Waals surface area contributed by atoms with Gasteiger partial charge in [0.15, 0.2) is 0 Å². The first-order chi connectivity index (χ1) is 11.4. The molecule has 0 amide bonds. The highest BCUT2D eigenvalue weighted by molar-refractivity contribution is 7.89. The predicted octanol–water partition coefficient (Wildman–Crippen LogP) is 3.88. The Labute approximate surface area is 148 Å². The maximum atomic E-state index is 12.7. The van der Waals surface area contributed by atoms with Crippen LogP contribution in [0.1, 0.15) is 18.4 Å². The molecule has 0 unspecified atom stereocenters. The van der Waals surface area contributed by atoms with Crippen LogP contribution in [-0.4, -0.2) is 31.9 Å². The zero-order valence-electron chi connectivity index (χ0n) is 13.5. The molecule has 0 atom stereocenters. The van der Waals surface area contributed by atoms with E-state index in [1.54, 1.807) is 34.6 Å². The molecule has 128 valence electrons. The maximum Gasteiger partial charge on any atom is 0.243 e. The van der Waals surface area contributed by atoms with E-state index in [2.05, 4.69) is 0 Å². The second-order valence-electron chi connectivity index (χ2n) is 6.00. The third-order valence-electron chi connectivity index (χ3n) is 4.13. The van der Waals surface area contributed by atoms with Crippen molar-refractivity contribution in [3.05, 3.63) is 59.1 Å². The minimum atomic E-state index is -3.43. The third kappa shape index (κ3) is 3.91. The first-order valence-corrected chi connectivity index (χ1v) is 9.76. The second-order valence-corrected chi connectivity index (χ2v) is 8.37. The number of piperidine rings is 1. The van der Waals surface area contributed by atoms with Gasteiger partial charge in [0.2, 0.25) is 10.0 Å². The van der Waals surface area contributed by atoms with Crippen molar-refractivity contribution in [2.75, 3.05) is 13.1 Å². The summed E-state index contributed by atoms with van der Waals surface area (Å²) in [6, 6.07) is 14.3. The standard InChI is InChI=1S/C18H20ClNO3S/c1-14-4-2-7-18(12-14)24(21,22)20-10-8-16(9-11-20)23-17-6-3-5-15(19)13-17/h2-7,12-13,16H,8-11H2,1H3. The van der Waals surface area contributed by atoms with Crippen LogP contribution in [-0.2, 0) is 10.0 Å². The van der Waals surface area contributed by atoms with Gasteiger partial charge in [-0.2, -0.15) is 4.31 Å². The molecule has 0 aliphatic carbocycles. The number of hydrogen-bond donors (Lipinski definition) is 0. The first-order valence-electron chi connectivity index (χ1n) is 7.94. The highest BCUT2D eigenvalue weighted by Gasteiger charge is 2.30. The summed E-state index contributed by atoms with van der Waals surface area (Å²) >= 11 is 5.96. The molecule has 3 rings (SSSR count). The van der Waals surface area contributed by atoms with Crippen LogP contribution in [0.25, 0.3) is 0 Å². The highest BCUT2D eigenvalue weighted by Crippen LogP contribution is 2.25. The Morgan fingerprint density at radius 1 is 1.08 bits per heavy atom. The molecule has 6 heteroatoms. The van der Waals surface area contributed by atoms with E-state index in [4.69, 9.17) is 16.3 Å². The first kappa shape index (κ1) is 17.3. The molecule has 0 radical (unpaired) electrons. The van der Waals surface area contributed by atoms with E-state index >= 15 is 0 Å². The average molecular weight is 366 g/mol. The molecule has 0 N–H and O–H groups in total. The molecule has 1 saturated heterocycles. The lowest BCUT2D eigenvalue weighted by Gasteiger charge is -2.31. The normalized spacial score (nSPS) is 16.9. The number of benzene rings is 2. The van der Waals surface area contributed by atoms with E-state index in [-0.39, 0.29) is 6.10 Å². The Morgan fingerprint density at radius 2 is 1.79 bits per heavy atom. The molecule has 1 aliphatic rings. The van der Waals surface area contributed by atoms with E-state index in [0.717, 1.165) is 11.3 Å². The summed E-state index contributed by atoms with van der Waals surface area (Å²) in [5.41, 5.74) is 0.940. The zero-order chi connectivity index (χ0) is 17.2. The number of nitrogens with zero attached hydrogens (tertiary/aromatic N) is 1. The summed E-state index contributed by atoms with van der Waals surface area (Å²) in [6.07, 6.45) is 1.34. The monoisotopic (exact) mass is 365 g/mol. The number of hydrogen-bond acceptors (Lipinski definition) is 3. The molecule has 4 nitrogen and oxygen atoms in total. The van der Waals surface area contributed by atoms with Crippen molar-refractivity contribution in [3.8, 4) is 5.75 Å². The molecule has 2 aromatic rings. The zero-order valence-corrected chi connectivity index (χ0v) is 15.1. The number of halogens is 1. The van der Waals surface area contributed by atoms with Gasteiger partial charge in [-0.05, 0) is 55.7 Å². The van der Waals surface area contributed by atoms with Crippen molar-refractivity contribution in [2.45, 2.75) is 30.8 Å². The van der Waals surface area contributed by atoms with E-state index in [1.807, 2.05) is 25.1 Å². The number of rotatable bonds is 4. The van der Waals surface area contributed by atoms with Crippen LogP contribution in [0.3, 0.4) is 0 Å². The quantitative estimate of drug-likeness (QED) is 0.826. The summed E-state index contributed by atoms with van der Waals surface area (Å²) in [6.45, 7) is 2.81. The summed E-state index contributed by atoms with van der Waals surface area (Å²) in [7, 11) is -3.43. The van der Waals surface area contributed by atoms with Crippen LogP contribution in [0.2, 0.25) is 5.02 Å². The van der Waals surface area contributed by atoms with Crippen molar-refractivity contribution in [1.29, 1.82) is 0 Å². The third-order valence-corrected chi connectivity index (χ3v) is 6.26. The fourth-order valence-electron chi connectivity index (χ4n) is 2.85. The van der Waals surface area contributed by atoms with Gasteiger partial charge >= 0.3 is 0 Å². The van der Waals surface area contributed by atoms with E-state index in [9.17, 15) is 8.42 Å². The minimum Gasteiger partial charge on any atom is -0.490 e. The molecular weight excluding hydrogens is 346 g/mol. The maximum absolute atomic E-state index is 12.7. The van der Waals surface area contributed by atoms with Crippen molar-refractivity contribution < 1.29 is 13.2 Å². The molecular formula is C18H20ClNO3S. The van der Waals surface area contributed by atoms with Crippen LogP contribution in [0.15, 0.2) is 53.4 Å². The van der Waals surface area contributed by atoms with Gasteiger partial charge in [-0.3, -0.25) is 0 Å². The molecule has 0 aromatic heterocycles. The number of ether oxygens (including phenoxy) is 1. The average Bonchev–Trinajstić information content (AvgIpc) is 2.55. The minimum absolute atomic E-state index is 0.00688. The second kappa shape index (κ2) is 7.13. The molecule has 1 fully saturated rings. The molecule has 0 saturated carbocycles. The summed E-state index contributed by atoms with van der Waals surface area (Å²) in [5.74, 6) is 0.725. The van der Waals surface area contributed by atoms with E-state index in [0.29, 0.717) is 35.8 Å². The van der Waals surface area contributed by atoms with Crippen molar-refractivity contribution in [3.63, 3.8) is 0 Å². The smallest absolute Gasteiger partial charge is 0.243 e. The van der Waals surface area contributed by atoms with Gasteiger partial charge in [0, 0.05) is 18.1 Å². The molecule has 0 spiro atoms. The Morgan fingerprint density at radius 3 is 2.46 bits per heavy atom. The largest absolute Gasteiger partial charge is 0.490 e. The van der Waals surface area contributed by atoms with Gasteiger partial charge in [0.25, 0.3) is 0 Å². The van der Waals surface area contributed by atoms with Crippen LogP contribution in [0, 0.1) is 6.92 Å². The van der Waals surface area contributed by atoms with E-state index < -0.39 is 10.0 Å². The lowest BCUT2D eigenvalue weighted by molar-refractivity contribution is 0.135. The Bertz CT molecular complexity index is 815. The Balaban J connectivity index is 1.64. The van der Waals surface area contributed by atoms with Crippen molar-refractivity contribution in [1.82, 2.24) is 4.31 Å². The van der Waals surface area contributed by atoms with E-state index in [1.165, 1.54) is 0 Å². The van der Waals surface area contributed by atoms with Gasteiger partial charge in [-0.25, -0.2) is 8.42 Å². The van der Waals surface area contributed by atoms with Crippen LogP contribution < -0.4 is 4.74 Å². The molecule has 1 heterocycles. The molecule has 0 bridgehead atoms. The number of sulfonamides is 1. The molecule has 1 aliphatic heterocycles. The molecule has 2 aromatic carbocycles.